The second-order valence-electron chi connectivity index (χ2n) is 17.9. The number of aromatic nitrogens is 5. The average Bonchev–Trinajstić information content (AvgIpc) is 3.81. The van der Waals surface area contributed by atoms with Crippen LogP contribution < -0.4 is 0 Å². The van der Waals surface area contributed by atoms with Crippen LogP contribution >= 0.6 is 0 Å². The molecule has 5 nitrogen and oxygen atoms in total. The average molecular weight is 774 g/mol. The normalized spacial score (nSPS) is 20.8. The predicted molar refractivity (Wildman–Crippen MR) is 245 cm³/mol. The highest BCUT2D eigenvalue weighted by Crippen LogP contribution is 2.60. The molecular weight excluding hydrogens is 731 g/mol. The van der Waals surface area contributed by atoms with Crippen molar-refractivity contribution in [3.63, 3.8) is 0 Å². The van der Waals surface area contributed by atoms with Gasteiger partial charge in [0.2, 0.25) is 0 Å². The van der Waals surface area contributed by atoms with Crippen LogP contribution in [0.2, 0.25) is 0 Å². The summed E-state index contributed by atoms with van der Waals surface area (Å²) in [7, 11) is 0. The van der Waals surface area contributed by atoms with E-state index < -0.39 is 0 Å². The van der Waals surface area contributed by atoms with Gasteiger partial charge in [0.25, 0.3) is 0 Å². The Morgan fingerprint density at radius 3 is 1.30 bits per heavy atom. The van der Waals surface area contributed by atoms with Gasteiger partial charge in [0, 0.05) is 49.6 Å². The Kier molecular flexibility index (Phi) is 7.42. The molecule has 0 N–H and O–H groups in total. The molecule has 288 valence electrons. The molecule has 4 saturated carbocycles. The van der Waals surface area contributed by atoms with Crippen LogP contribution in [0, 0.1) is 17.8 Å². The SMILES string of the molecule is c1ccc(-n2c3ccccc3c3ccc(-c4nc(-c5ccc(-n6c7ccccc7c7ccccc76)cc5)nc(-c5ccc(C67CC8CC(CC(C8)C6)C7)cc5)n4)cc32)cc1. The lowest BCUT2D eigenvalue weighted by molar-refractivity contribution is -0.00518. The van der Waals surface area contributed by atoms with Crippen LogP contribution in [0.3, 0.4) is 0 Å². The first-order valence-electron chi connectivity index (χ1n) is 21.7. The van der Waals surface area contributed by atoms with Gasteiger partial charge in [0.1, 0.15) is 0 Å². The molecule has 0 spiro atoms. The van der Waals surface area contributed by atoms with Gasteiger partial charge >= 0.3 is 0 Å². The van der Waals surface area contributed by atoms with Crippen LogP contribution in [0.5, 0.6) is 0 Å². The fourth-order valence-corrected chi connectivity index (χ4v) is 12.1. The molecule has 10 aromatic rings. The lowest BCUT2D eigenvalue weighted by atomic mass is 9.48. The summed E-state index contributed by atoms with van der Waals surface area (Å²) in [6, 6.07) is 61.3. The van der Waals surface area contributed by atoms with Crippen molar-refractivity contribution in [1.82, 2.24) is 24.1 Å². The summed E-state index contributed by atoms with van der Waals surface area (Å²) in [4.78, 5) is 15.8. The Morgan fingerprint density at radius 2 is 0.767 bits per heavy atom. The predicted octanol–water partition coefficient (Wildman–Crippen LogP) is 13.5. The fourth-order valence-electron chi connectivity index (χ4n) is 12.1. The molecule has 14 rings (SSSR count). The van der Waals surface area contributed by atoms with E-state index in [0.29, 0.717) is 22.9 Å². The van der Waals surface area contributed by atoms with Gasteiger partial charge in [0.05, 0.1) is 22.1 Å². The smallest absolute Gasteiger partial charge is 0.164 e. The highest BCUT2D eigenvalue weighted by atomic mass is 15.0. The number of fused-ring (bicyclic) bond motifs is 6. The highest BCUT2D eigenvalue weighted by Gasteiger charge is 2.51. The van der Waals surface area contributed by atoms with Crippen LogP contribution in [0.15, 0.2) is 170 Å². The zero-order valence-corrected chi connectivity index (χ0v) is 33.4. The largest absolute Gasteiger partial charge is 0.309 e. The molecule has 4 aliphatic carbocycles. The Bertz CT molecular complexity index is 3190. The Balaban J connectivity index is 0.951. The highest BCUT2D eigenvalue weighted by molar-refractivity contribution is 6.10. The molecule has 60 heavy (non-hydrogen) atoms. The molecule has 4 aliphatic rings. The first-order chi connectivity index (χ1) is 29.6. The maximum atomic E-state index is 5.28. The number of hydrogen-bond acceptors (Lipinski definition) is 3. The summed E-state index contributed by atoms with van der Waals surface area (Å²) in [5.41, 5.74) is 11.7. The van der Waals surface area contributed by atoms with Gasteiger partial charge in [-0.2, -0.15) is 0 Å². The maximum absolute atomic E-state index is 5.28. The third-order valence-electron chi connectivity index (χ3n) is 14.3. The van der Waals surface area contributed by atoms with E-state index in [-0.39, 0.29) is 0 Å². The number of rotatable bonds is 6. The second kappa shape index (κ2) is 13.1. The van der Waals surface area contributed by atoms with E-state index in [1.165, 1.54) is 82.2 Å². The first-order valence-corrected chi connectivity index (χ1v) is 21.7. The molecule has 0 aliphatic heterocycles. The molecule has 0 atom stereocenters. The molecular formula is C55H43N5. The lowest BCUT2D eigenvalue weighted by Crippen LogP contribution is -2.48. The van der Waals surface area contributed by atoms with E-state index in [0.717, 1.165) is 51.3 Å². The second-order valence-corrected chi connectivity index (χ2v) is 17.9. The summed E-state index contributed by atoms with van der Waals surface area (Å²) in [5, 5.41) is 4.93. The zero-order valence-electron chi connectivity index (χ0n) is 33.4. The minimum atomic E-state index is 0.341. The summed E-state index contributed by atoms with van der Waals surface area (Å²) in [6.45, 7) is 0. The minimum Gasteiger partial charge on any atom is -0.309 e. The van der Waals surface area contributed by atoms with Crippen molar-refractivity contribution >= 4 is 43.6 Å². The van der Waals surface area contributed by atoms with Crippen molar-refractivity contribution in [2.75, 3.05) is 0 Å². The Labute approximate surface area is 349 Å². The minimum absolute atomic E-state index is 0.341. The summed E-state index contributed by atoms with van der Waals surface area (Å²) in [5.74, 6) is 4.75. The maximum Gasteiger partial charge on any atom is 0.164 e. The third kappa shape index (κ3) is 5.28. The van der Waals surface area contributed by atoms with Crippen molar-refractivity contribution in [2.45, 2.75) is 43.9 Å². The summed E-state index contributed by atoms with van der Waals surface area (Å²) in [6.07, 6.45) is 8.41. The standard InChI is InChI=1S/C55H43N5/c1-2-10-42(11-3-1)60-50-17-9-6-14-46(50)47-27-22-40(31-51(47)60)54-57-52(38-18-23-41(24-19-38)55-32-35-28-36(33-55)30-37(29-35)34-55)56-53(58-54)39-20-25-43(26-21-39)59-48-15-7-4-12-44(48)45-13-5-8-16-49(45)59/h1-27,31,35-37H,28-30,32-34H2. The van der Waals surface area contributed by atoms with E-state index in [1.807, 2.05) is 0 Å². The monoisotopic (exact) mass is 773 g/mol. The third-order valence-corrected chi connectivity index (χ3v) is 14.3. The van der Waals surface area contributed by atoms with Crippen molar-refractivity contribution in [3.8, 4) is 45.5 Å². The van der Waals surface area contributed by atoms with Crippen LogP contribution in [0.4, 0.5) is 0 Å². The van der Waals surface area contributed by atoms with Crippen molar-refractivity contribution in [3.05, 3.63) is 175 Å². The first kappa shape index (κ1) is 34.1. The van der Waals surface area contributed by atoms with Crippen LogP contribution in [-0.4, -0.2) is 24.1 Å². The molecule has 4 bridgehead atoms. The quantitative estimate of drug-likeness (QED) is 0.169. The number of para-hydroxylation sites is 4. The van der Waals surface area contributed by atoms with Crippen molar-refractivity contribution < 1.29 is 0 Å². The molecule has 7 aromatic carbocycles. The molecule has 4 fully saturated rings. The summed E-state index contributed by atoms with van der Waals surface area (Å²) >= 11 is 0. The van der Waals surface area contributed by atoms with Gasteiger partial charge in [-0.25, -0.2) is 15.0 Å². The Hall–Kier alpha value is -6.85. The van der Waals surface area contributed by atoms with Crippen molar-refractivity contribution in [1.29, 1.82) is 0 Å². The van der Waals surface area contributed by atoms with E-state index in [9.17, 15) is 0 Å². The van der Waals surface area contributed by atoms with E-state index >= 15 is 0 Å². The van der Waals surface area contributed by atoms with Gasteiger partial charge in [-0.1, -0.05) is 109 Å². The number of hydrogen-bond donors (Lipinski definition) is 0. The van der Waals surface area contributed by atoms with Gasteiger partial charge in [-0.3, -0.25) is 0 Å². The molecule has 0 saturated heterocycles. The molecule has 0 unspecified atom stereocenters. The zero-order chi connectivity index (χ0) is 39.4. The van der Waals surface area contributed by atoms with E-state index in [1.54, 1.807) is 0 Å². The van der Waals surface area contributed by atoms with Gasteiger partial charge in [-0.15, -0.1) is 0 Å². The van der Waals surface area contributed by atoms with Gasteiger partial charge < -0.3 is 9.13 Å². The lowest BCUT2D eigenvalue weighted by Gasteiger charge is -2.57. The van der Waals surface area contributed by atoms with Gasteiger partial charge in [-0.05, 0) is 128 Å². The topological polar surface area (TPSA) is 48.5 Å². The van der Waals surface area contributed by atoms with Crippen LogP contribution in [-0.2, 0) is 5.41 Å². The Morgan fingerprint density at radius 1 is 0.367 bits per heavy atom. The van der Waals surface area contributed by atoms with Crippen molar-refractivity contribution in [2.24, 2.45) is 17.8 Å². The molecule has 0 radical (unpaired) electrons. The van der Waals surface area contributed by atoms with Gasteiger partial charge in [0.15, 0.2) is 17.5 Å². The molecule has 3 heterocycles. The van der Waals surface area contributed by atoms with Crippen LogP contribution in [0.1, 0.15) is 44.1 Å². The number of nitrogens with zero attached hydrogens (tertiary/aromatic N) is 5. The van der Waals surface area contributed by atoms with Crippen LogP contribution in [0.25, 0.3) is 89.2 Å². The number of benzene rings is 7. The summed E-state index contributed by atoms with van der Waals surface area (Å²) < 4.78 is 4.71. The van der Waals surface area contributed by atoms with E-state index in [4.69, 9.17) is 15.0 Å². The fraction of sp³-hybridized carbons (Fsp3) is 0.182. The molecule has 3 aromatic heterocycles. The molecule has 0 amide bonds. The van der Waals surface area contributed by atoms with E-state index in [2.05, 4.69) is 179 Å². The molecule has 5 heteroatoms.